The number of carbonyl (C=O) groups excluding carboxylic acids is 1. The van der Waals surface area contributed by atoms with Crippen molar-refractivity contribution in [3.8, 4) is 0 Å². The Morgan fingerprint density at radius 2 is 1.91 bits per heavy atom. The lowest BCUT2D eigenvalue weighted by Crippen LogP contribution is -2.16. The van der Waals surface area contributed by atoms with Crippen molar-refractivity contribution in [1.29, 1.82) is 0 Å². The Morgan fingerprint density at radius 1 is 1.30 bits per heavy atom. The van der Waals surface area contributed by atoms with Crippen LogP contribution in [0.5, 0.6) is 0 Å². The Balaban J connectivity index is 2.43. The van der Waals surface area contributed by atoms with Gasteiger partial charge in [0.2, 0.25) is 0 Å². The lowest BCUT2D eigenvalue weighted by Gasteiger charge is -2.19. The van der Waals surface area contributed by atoms with Crippen molar-refractivity contribution in [3.63, 3.8) is 0 Å². The predicted octanol–water partition coefficient (Wildman–Crippen LogP) is 2.93. The second-order valence-corrected chi connectivity index (χ2v) is 8.63. The number of nitrogens with zero attached hydrogens (tertiary/aromatic N) is 3. The minimum Gasteiger partial charge on any atom is -0.331 e. The Bertz CT molecular complexity index is 784. The fourth-order valence-electron chi connectivity index (χ4n) is 2.39. The number of Topliss-reactive ketones (excluding diaryl/α,β-unsaturated/α-hetero) is 1. The molecule has 0 radical (unpaired) electrons. The van der Waals surface area contributed by atoms with Crippen LogP contribution in [0.1, 0.15) is 37.0 Å². The third kappa shape index (κ3) is 3.52. The summed E-state index contributed by atoms with van der Waals surface area (Å²) in [6.45, 7) is 6.29. The van der Waals surface area contributed by atoms with E-state index in [4.69, 9.17) is 9.05 Å². The molecule has 2 aromatic rings. The van der Waals surface area contributed by atoms with Crippen LogP contribution in [0, 0.1) is 0 Å². The molecule has 2 rings (SSSR count). The lowest BCUT2D eigenvalue weighted by molar-refractivity contribution is 0.100. The van der Waals surface area contributed by atoms with Gasteiger partial charge in [0, 0.05) is 32.4 Å². The third-order valence-electron chi connectivity index (χ3n) is 3.68. The highest BCUT2D eigenvalue weighted by molar-refractivity contribution is 7.54. The Labute approximate surface area is 135 Å². The number of fused-ring (bicyclic) bond motifs is 1. The Hall–Kier alpha value is -1.56. The number of rotatable bonds is 5. The molecule has 0 spiro atoms. The van der Waals surface area contributed by atoms with Crippen LogP contribution in [-0.4, -0.2) is 40.7 Å². The molecule has 0 aromatic carbocycles. The molecule has 0 bridgehead atoms. The highest BCUT2D eigenvalue weighted by Gasteiger charge is 2.28. The van der Waals surface area contributed by atoms with E-state index in [0.29, 0.717) is 5.65 Å². The number of aromatic nitrogens is 3. The van der Waals surface area contributed by atoms with Crippen LogP contribution in [0.3, 0.4) is 0 Å². The van der Waals surface area contributed by atoms with E-state index in [1.54, 1.807) is 0 Å². The van der Waals surface area contributed by atoms with Crippen molar-refractivity contribution in [3.05, 3.63) is 23.7 Å². The van der Waals surface area contributed by atoms with Gasteiger partial charge in [-0.1, -0.05) is 20.8 Å². The highest BCUT2D eigenvalue weighted by Crippen LogP contribution is 2.46. The van der Waals surface area contributed by atoms with Gasteiger partial charge in [-0.2, -0.15) is 0 Å². The second-order valence-electron chi connectivity index (χ2n) is 6.36. The summed E-state index contributed by atoms with van der Waals surface area (Å²) in [4.78, 5) is 21.0. The van der Waals surface area contributed by atoms with E-state index < -0.39 is 13.4 Å². The van der Waals surface area contributed by atoms with E-state index in [-0.39, 0.29) is 17.3 Å². The SMILES string of the molecule is COP(=O)(CC(=O)c1cnc2cc(C(C)(C)C)n(C)c2n1)OC. The molecule has 2 aromatic heterocycles. The molecular weight excluding hydrogens is 317 g/mol. The lowest BCUT2D eigenvalue weighted by atomic mass is 9.92. The zero-order valence-corrected chi connectivity index (χ0v) is 15.2. The number of hydrogen-bond acceptors (Lipinski definition) is 6. The topological polar surface area (TPSA) is 83.3 Å². The fourth-order valence-corrected chi connectivity index (χ4v) is 3.31. The van der Waals surface area contributed by atoms with Crippen molar-refractivity contribution in [2.24, 2.45) is 7.05 Å². The van der Waals surface area contributed by atoms with Crippen molar-refractivity contribution in [2.45, 2.75) is 26.2 Å². The molecule has 0 fully saturated rings. The van der Waals surface area contributed by atoms with Crippen LogP contribution in [0.15, 0.2) is 12.3 Å². The number of hydrogen-bond donors (Lipinski definition) is 0. The number of aryl methyl sites for hydroxylation is 1. The minimum absolute atomic E-state index is 0.0664. The van der Waals surface area contributed by atoms with E-state index in [9.17, 15) is 9.36 Å². The molecule has 0 unspecified atom stereocenters. The molecule has 0 aliphatic rings. The zero-order valence-electron chi connectivity index (χ0n) is 14.3. The summed E-state index contributed by atoms with van der Waals surface area (Å²) in [5.41, 5.74) is 2.48. The van der Waals surface area contributed by atoms with Gasteiger partial charge in [-0.15, -0.1) is 0 Å². The molecule has 0 aliphatic carbocycles. The first-order valence-electron chi connectivity index (χ1n) is 7.18. The summed E-state index contributed by atoms with van der Waals surface area (Å²) in [5.74, 6) is -0.426. The van der Waals surface area contributed by atoms with Crippen LogP contribution in [0.25, 0.3) is 11.2 Å². The maximum absolute atomic E-state index is 12.3. The third-order valence-corrected chi connectivity index (χ3v) is 5.47. The summed E-state index contributed by atoms with van der Waals surface area (Å²) < 4.78 is 23.6. The molecular formula is C15H22N3O4P. The Morgan fingerprint density at radius 3 is 2.43 bits per heavy atom. The molecule has 0 saturated heterocycles. The van der Waals surface area contributed by atoms with Crippen LogP contribution < -0.4 is 0 Å². The fraction of sp³-hybridized carbons (Fsp3) is 0.533. The second kappa shape index (κ2) is 6.15. The van der Waals surface area contributed by atoms with Gasteiger partial charge in [0.15, 0.2) is 11.4 Å². The zero-order chi connectivity index (χ0) is 17.4. The summed E-state index contributed by atoms with van der Waals surface area (Å²) in [6, 6.07) is 1.96. The summed E-state index contributed by atoms with van der Waals surface area (Å²) in [6.07, 6.45) is 1.03. The van der Waals surface area contributed by atoms with Crippen LogP contribution in [0.4, 0.5) is 0 Å². The van der Waals surface area contributed by atoms with E-state index in [2.05, 4.69) is 30.7 Å². The standard InChI is InChI=1S/C15H22N3O4P/c1-15(2,3)13-7-10-14(18(13)4)17-11(8-16-10)12(19)9-23(20,21-5)22-6/h7-8H,9H2,1-6H3. The molecule has 7 nitrogen and oxygen atoms in total. The predicted molar refractivity (Wildman–Crippen MR) is 88.0 cm³/mol. The average Bonchev–Trinajstić information content (AvgIpc) is 2.84. The van der Waals surface area contributed by atoms with Gasteiger partial charge < -0.3 is 13.6 Å². The van der Waals surface area contributed by atoms with Gasteiger partial charge in [0.25, 0.3) is 0 Å². The maximum Gasteiger partial charge on any atom is 0.337 e. The molecule has 126 valence electrons. The summed E-state index contributed by atoms with van der Waals surface area (Å²) in [7, 11) is 0.968. The van der Waals surface area contributed by atoms with Crippen LogP contribution in [-0.2, 0) is 26.1 Å². The van der Waals surface area contributed by atoms with Crippen molar-refractivity contribution in [2.75, 3.05) is 20.4 Å². The molecule has 23 heavy (non-hydrogen) atoms. The monoisotopic (exact) mass is 339 g/mol. The van der Waals surface area contributed by atoms with E-state index in [0.717, 1.165) is 11.2 Å². The molecule has 8 heteroatoms. The van der Waals surface area contributed by atoms with E-state index >= 15 is 0 Å². The van der Waals surface area contributed by atoms with E-state index in [1.165, 1.54) is 20.4 Å². The molecule has 2 heterocycles. The maximum atomic E-state index is 12.3. The molecule has 0 aliphatic heterocycles. The van der Waals surface area contributed by atoms with Crippen LogP contribution >= 0.6 is 7.60 Å². The molecule has 0 saturated carbocycles. The van der Waals surface area contributed by atoms with Gasteiger partial charge in [-0.25, -0.2) is 4.98 Å². The first-order valence-corrected chi connectivity index (χ1v) is 8.91. The highest BCUT2D eigenvalue weighted by atomic mass is 31.2. The van der Waals surface area contributed by atoms with Crippen molar-refractivity contribution >= 4 is 24.5 Å². The first kappa shape index (κ1) is 17.8. The largest absolute Gasteiger partial charge is 0.337 e. The minimum atomic E-state index is -3.42. The normalized spacial score (nSPS) is 12.8. The smallest absolute Gasteiger partial charge is 0.331 e. The van der Waals surface area contributed by atoms with Gasteiger partial charge in [-0.3, -0.25) is 14.3 Å². The number of ketones is 1. The molecule has 0 amide bonds. The average molecular weight is 339 g/mol. The summed E-state index contributed by atoms with van der Waals surface area (Å²) in [5, 5.41) is 0. The van der Waals surface area contributed by atoms with Gasteiger partial charge in [0.05, 0.1) is 6.20 Å². The molecule has 0 atom stereocenters. The molecule has 0 N–H and O–H groups in total. The number of carbonyl (C=O) groups is 1. The van der Waals surface area contributed by atoms with Crippen molar-refractivity contribution in [1.82, 2.24) is 14.5 Å². The first-order chi connectivity index (χ1) is 10.6. The van der Waals surface area contributed by atoms with Gasteiger partial charge in [-0.05, 0) is 6.07 Å². The van der Waals surface area contributed by atoms with Crippen LogP contribution in [0.2, 0.25) is 0 Å². The van der Waals surface area contributed by atoms with Gasteiger partial charge in [0.1, 0.15) is 17.4 Å². The Kier molecular flexibility index (Phi) is 4.76. The van der Waals surface area contributed by atoms with Crippen molar-refractivity contribution < 1.29 is 18.4 Å². The quantitative estimate of drug-likeness (QED) is 0.615. The summed E-state index contributed by atoms with van der Waals surface area (Å²) >= 11 is 0. The van der Waals surface area contributed by atoms with E-state index in [1.807, 2.05) is 17.7 Å². The van der Waals surface area contributed by atoms with Gasteiger partial charge >= 0.3 is 7.60 Å².